The largest absolute Gasteiger partial charge is 0.357 e. The first-order chi connectivity index (χ1) is 12.0. The van der Waals surface area contributed by atoms with E-state index in [1.165, 1.54) is 16.8 Å². The van der Waals surface area contributed by atoms with E-state index in [0.717, 1.165) is 29.6 Å². The SMILES string of the molecule is CCNC(=NCc1c(C)nn(C)c1C)NC1CC1c1cccc(Cl)c1.I. The van der Waals surface area contributed by atoms with E-state index in [1.807, 2.05) is 30.8 Å². The molecule has 2 unspecified atom stereocenters. The lowest BCUT2D eigenvalue weighted by Crippen LogP contribution is -2.39. The zero-order valence-corrected chi connectivity index (χ0v) is 18.8. The Morgan fingerprint density at radius 1 is 1.38 bits per heavy atom. The predicted octanol–water partition coefficient (Wildman–Crippen LogP) is 3.92. The first kappa shape index (κ1) is 21.0. The van der Waals surface area contributed by atoms with Crippen LogP contribution in [0.1, 0.15) is 41.8 Å². The molecule has 2 aromatic rings. The maximum absolute atomic E-state index is 6.10. The van der Waals surface area contributed by atoms with Crippen molar-refractivity contribution in [1.82, 2.24) is 20.4 Å². The van der Waals surface area contributed by atoms with Crippen LogP contribution in [0.3, 0.4) is 0 Å². The van der Waals surface area contributed by atoms with Crippen molar-refractivity contribution < 1.29 is 0 Å². The quantitative estimate of drug-likeness (QED) is 0.382. The summed E-state index contributed by atoms with van der Waals surface area (Å²) in [5.74, 6) is 1.36. The molecule has 0 aliphatic heterocycles. The minimum absolute atomic E-state index is 0. The van der Waals surface area contributed by atoms with Crippen LogP contribution in [0, 0.1) is 13.8 Å². The first-order valence-corrected chi connectivity index (χ1v) is 9.16. The van der Waals surface area contributed by atoms with Crippen LogP contribution in [-0.4, -0.2) is 28.3 Å². The molecule has 0 spiro atoms. The van der Waals surface area contributed by atoms with Crippen molar-refractivity contribution in [1.29, 1.82) is 0 Å². The summed E-state index contributed by atoms with van der Waals surface area (Å²) in [6.45, 7) is 7.68. The van der Waals surface area contributed by atoms with Crippen molar-refractivity contribution in [3.8, 4) is 0 Å². The van der Waals surface area contributed by atoms with E-state index in [0.29, 0.717) is 18.5 Å². The van der Waals surface area contributed by atoms with Gasteiger partial charge in [-0.05, 0) is 44.9 Å². The lowest BCUT2D eigenvalue weighted by atomic mass is 10.1. The molecule has 1 fully saturated rings. The molecule has 1 saturated carbocycles. The number of aromatic nitrogens is 2. The minimum atomic E-state index is 0. The first-order valence-electron chi connectivity index (χ1n) is 8.79. The third kappa shape index (κ3) is 4.91. The van der Waals surface area contributed by atoms with E-state index >= 15 is 0 Å². The highest BCUT2D eigenvalue weighted by molar-refractivity contribution is 14.0. The Kier molecular flexibility index (Phi) is 7.34. The molecule has 142 valence electrons. The molecule has 7 heteroatoms. The molecule has 5 nitrogen and oxygen atoms in total. The highest BCUT2D eigenvalue weighted by Crippen LogP contribution is 2.41. The zero-order chi connectivity index (χ0) is 18.0. The average molecular weight is 488 g/mol. The number of aliphatic imine (C=N–C) groups is 1. The maximum atomic E-state index is 6.10. The van der Waals surface area contributed by atoms with Crippen molar-refractivity contribution in [3.63, 3.8) is 0 Å². The van der Waals surface area contributed by atoms with Gasteiger partial charge >= 0.3 is 0 Å². The molecule has 1 heterocycles. The Bertz CT molecular complexity index is 786. The molecule has 3 rings (SSSR count). The van der Waals surface area contributed by atoms with Gasteiger partial charge in [0.1, 0.15) is 0 Å². The van der Waals surface area contributed by atoms with E-state index in [-0.39, 0.29) is 24.0 Å². The fraction of sp³-hybridized carbons (Fsp3) is 0.474. The van der Waals surface area contributed by atoms with E-state index in [1.54, 1.807) is 0 Å². The van der Waals surface area contributed by atoms with Gasteiger partial charge in [0.05, 0.1) is 12.2 Å². The van der Waals surface area contributed by atoms with Gasteiger partial charge in [-0.3, -0.25) is 4.68 Å². The van der Waals surface area contributed by atoms with Crippen molar-refractivity contribution in [2.45, 2.75) is 45.7 Å². The van der Waals surface area contributed by atoms with Crippen LogP contribution in [0.15, 0.2) is 29.3 Å². The summed E-state index contributed by atoms with van der Waals surface area (Å²) in [6.07, 6.45) is 1.11. The number of benzene rings is 1. The monoisotopic (exact) mass is 487 g/mol. The smallest absolute Gasteiger partial charge is 0.191 e. The van der Waals surface area contributed by atoms with Crippen LogP contribution in [0.25, 0.3) is 0 Å². The molecule has 0 bridgehead atoms. The van der Waals surface area contributed by atoms with Crippen LogP contribution in [0.5, 0.6) is 0 Å². The second-order valence-corrected chi connectivity index (χ2v) is 7.05. The van der Waals surface area contributed by atoms with E-state index < -0.39 is 0 Å². The van der Waals surface area contributed by atoms with Gasteiger partial charge < -0.3 is 10.6 Å². The molecule has 1 aliphatic rings. The van der Waals surface area contributed by atoms with Gasteiger partial charge in [0.2, 0.25) is 0 Å². The van der Waals surface area contributed by atoms with Gasteiger partial charge in [-0.15, -0.1) is 24.0 Å². The minimum Gasteiger partial charge on any atom is -0.357 e. The van der Waals surface area contributed by atoms with Gasteiger partial charge in [-0.1, -0.05) is 23.7 Å². The molecule has 0 amide bonds. The second-order valence-electron chi connectivity index (χ2n) is 6.62. The number of guanidine groups is 1. The summed E-state index contributed by atoms with van der Waals surface area (Å²) in [4.78, 5) is 4.76. The van der Waals surface area contributed by atoms with E-state index in [2.05, 4.69) is 41.7 Å². The summed E-state index contributed by atoms with van der Waals surface area (Å²) >= 11 is 6.10. The van der Waals surface area contributed by atoms with Gasteiger partial charge in [0.25, 0.3) is 0 Å². The van der Waals surface area contributed by atoms with Crippen molar-refractivity contribution in [3.05, 3.63) is 51.8 Å². The number of aryl methyl sites for hydroxylation is 2. The number of rotatable bonds is 5. The lowest BCUT2D eigenvalue weighted by molar-refractivity contribution is 0.729. The highest BCUT2D eigenvalue weighted by atomic mass is 127. The summed E-state index contributed by atoms with van der Waals surface area (Å²) in [6, 6.07) is 8.54. The third-order valence-electron chi connectivity index (χ3n) is 4.79. The molecule has 2 atom stereocenters. The molecule has 26 heavy (non-hydrogen) atoms. The summed E-state index contributed by atoms with van der Waals surface area (Å²) in [7, 11) is 1.97. The number of hydrogen-bond acceptors (Lipinski definition) is 2. The third-order valence-corrected chi connectivity index (χ3v) is 5.02. The van der Waals surface area contributed by atoms with Crippen molar-refractivity contribution in [2.24, 2.45) is 12.0 Å². The number of nitrogens with zero attached hydrogens (tertiary/aromatic N) is 3. The van der Waals surface area contributed by atoms with Crippen molar-refractivity contribution in [2.75, 3.05) is 6.54 Å². The van der Waals surface area contributed by atoms with Crippen LogP contribution >= 0.6 is 35.6 Å². The van der Waals surface area contributed by atoms with Crippen LogP contribution in [-0.2, 0) is 13.6 Å². The highest BCUT2D eigenvalue weighted by Gasteiger charge is 2.39. The zero-order valence-electron chi connectivity index (χ0n) is 15.7. The number of halogens is 2. The fourth-order valence-corrected chi connectivity index (χ4v) is 3.36. The van der Waals surface area contributed by atoms with E-state index in [9.17, 15) is 0 Å². The maximum Gasteiger partial charge on any atom is 0.191 e. The standard InChI is InChI=1S/C19H26ClN5.HI/c1-5-21-19(22-11-17-12(2)24-25(4)13(17)3)23-18-10-16(18)14-7-6-8-15(20)9-14;/h6-9,16,18H,5,10-11H2,1-4H3,(H2,21,22,23);1H. The molecular formula is C19H27ClIN5. The van der Waals surface area contributed by atoms with Gasteiger partial charge in [-0.25, -0.2) is 4.99 Å². The normalized spacial score (nSPS) is 19.0. The Hall–Kier alpha value is -1.28. The number of nitrogens with one attached hydrogen (secondary N) is 2. The molecular weight excluding hydrogens is 461 g/mol. The molecule has 0 radical (unpaired) electrons. The fourth-order valence-electron chi connectivity index (χ4n) is 3.16. The summed E-state index contributed by atoms with van der Waals surface area (Å²) in [5, 5.41) is 12.1. The van der Waals surface area contributed by atoms with Gasteiger partial charge in [-0.2, -0.15) is 5.10 Å². The summed E-state index contributed by atoms with van der Waals surface area (Å²) < 4.78 is 1.91. The molecule has 1 aliphatic carbocycles. The Morgan fingerprint density at radius 3 is 2.77 bits per heavy atom. The molecule has 1 aromatic carbocycles. The Balaban J connectivity index is 0.00000243. The lowest BCUT2D eigenvalue weighted by Gasteiger charge is -2.11. The van der Waals surface area contributed by atoms with Crippen LogP contribution in [0.2, 0.25) is 5.02 Å². The summed E-state index contributed by atoms with van der Waals surface area (Å²) in [5.41, 5.74) is 4.70. The Labute approximate surface area is 177 Å². The Morgan fingerprint density at radius 2 is 2.15 bits per heavy atom. The van der Waals surface area contributed by atoms with E-state index in [4.69, 9.17) is 16.6 Å². The van der Waals surface area contributed by atoms with Crippen LogP contribution in [0.4, 0.5) is 0 Å². The number of hydrogen-bond donors (Lipinski definition) is 2. The van der Waals surface area contributed by atoms with Gasteiger partial charge in [0, 0.05) is 41.8 Å². The van der Waals surface area contributed by atoms with Crippen molar-refractivity contribution >= 4 is 41.5 Å². The second kappa shape index (κ2) is 9.08. The average Bonchev–Trinajstić information content (AvgIpc) is 3.28. The molecule has 2 N–H and O–H groups in total. The molecule has 1 aromatic heterocycles. The van der Waals surface area contributed by atoms with Gasteiger partial charge in [0.15, 0.2) is 5.96 Å². The predicted molar refractivity (Wildman–Crippen MR) is 119 cm³/mol. The topological polar surface area (TPSA) is 54.2 Å². The van der Waals surface area contributed by atoms with Crippen LogP contribution < -0.4 is 10.6 Å². The molecule has 0 saturated heterocycles.